The van der Waals surface area contributed by atoms with Gasteiger partial charge in [-0.1, -0.05) is 6.92 Å². The summed E-state index contributed by atoms with van der Waals surface area (Å²) in [5, 5.41) is 0. The first-order valence-corrected chi connectivity index (χ1v) is 9.25. The van der Waals surface area contributed by atoms with Crippen molar-refractivity contribution in [3.05, 3.63) is 29.6 Å². The fourth-order valence-corrected chi connectivity index (χ4v) is 3.64. The van der Waals surface area contributed by atoms with E-state index < -0.39 is 0 Å². The number of hydrogen-bond acceptors (Lipinski definition) is 4. The molecule has 3 heterocycles. The van der Waals surface area contributed by atoms with Crippen LogP contribution in [0.15, 0.2) is 18.5 Å². The zero-order valence-corrected chi connectivity index (χ0v) is 15.5. The number of piperidine rings is 1. The smallest absolute Gasteiger partial charge is 0.255 e. The Morgan fingerprint density at radius 1 is 0.923 bits per heavy atom. The summed E-state index contributed by atoms with van der Waals surface area (Å²) in [7, 11) is 0. The number of amides is 3. The van der Waals surface area contributed by atoms with Crippen LogP contribution < -0.4 is 0 Å². The zero-order chi connectivity index (χ0) is 18.7. The van der Waals surface area contributed by atoms with Crippen LogP contribution in [0.3, 0.4) is 0 Å². The molecule has 1 atom stereocenters. The quantitative estimate of drug-likeness (QED) is 0.798. The van der Waals surface area contributed by atoms with Crippen LogP contribution >= 0.6 is 0 Å². The van der Waals surface area contributed by atoms with Crippen LogP contribution in [-0.4, -0.2) is 76.7 Å². The van der Waals surface area contributed by atoms with Crippen LogP contribution in [0.2, 0.25) is 0 Å². The topological polar surface area (TPSA) is 73.8 Å². The predicted molar refractivity (Wildman–Crippen MR) is 96.7 cm³/mol. The lowest BCUT2D eigenvalue weighted by atomic mass is 9.99. The highest BCUT2D eigenvalue weighted by Crippen LogP contribution is 2.18. The van der Waals surface area contributed by atoms with Crippen molar-refractivity contribution in [2.24, 2.45) is 5.92 Å². The molecule has 1 aromatic rings. The van der Waals surface area contributed by atoms with Gasteiger partial charge in [0.05, 0.1) is 11.1 Å². The van der Waals surface area contributed by atoms with Gasteiger partial charge in [0.1, 0.15) is 0 Å². The molecule has 0 spiro atoms. The highest BCUT2D eigenvalue weighted by atomic mass is 16.2. The molecule has 3 rings (SSSR count). The van der Waals surface area contributed by atoms with Gasteiger partial charge in [-0.2, -0.15) is 0 Å². The van der Waals surface area contributed by atoms with Gasteiger partial charge in [-0.3, -0.25) is 19.4 Å². The van der Waals surface area contributed by atoms with E-state index in [0.29, 0.717) is 43.2 Å². The third-order valence-corrected chi connectivity index (χ3v) is 5.19. The third kappa shape index (κ3) is 4.03. The van der Waals surface area contributed by atoms with Gasteiger partial charge in [0.2, 0.25) is 5.91 Å². The number of likely N-dealkylation sites (tertiary alicyclic amines) is 1. The molecule has 140 valence electrons. The first-order chi connectivity index (χ1) is 12.5. The molecule has 0 N–H and O–H groups in total. The van der Waals surface area contributed by atoms with Crippen molar-refractivity contribution in [2.75, 3.05) is 39.3 Å². The lowest BCUT2D eigenvalue weighted by molar-refractivity contribution is -0.130. The Hall–Kier alpha value is -2.44. The second-order valence-corrected chi connectivity index (χ2v) is 7.26. The number of aromatic nitrogens is 1. The van der Waals surface area contributed by atoms with Crippen LogP contribution in [0, 0.1) is 5.92 Å². The lowest BCUT2D eigenvalue weighted by Crippen LogP contribution is -2.50. The Kier molecular flexibility index (Phi) is 5.54. The number of hydrogen-bond donors (Lipinski definition) is 0. The summed E-state index contributed by atoms with van der Waals surface area (Å²) in [6.07, 6.45) is 5.20. The summed E-state index contributed by atoms with van der Waals surface area (Å²) in [6, 6.07) is 1.65. The Morgan fingerprint density at radius 2 is 1.50 bits per heavy atom. The van der Waals surface area contributed by atoms with Gasteiger partial charge in [-0.25, -0.2) is 0 Å². The highest BCUT2D eigenvalue weighted by molar-refractivity contribution is 5.99. The summed E-state index contributed by atoms with van der Waals surface area (Å²) in [6.45, 7) is 7.28. The minimum Gasteiger partial charge on any atom is -0.339 e. The number of rotatable bonds is 2. The van der Waals surface area contributed by atoms with Crippen molar-refractivity contribution in [1.82, 2.24) is 19.7 Å². The maximum absolute atomic E-state index is 12.7. The maximum atomic E-state index is 12.7. The third-order valence-electron chi connectivity index (χ3n) is 5.19. The van der Waals surface area contributed by atoms with E-state index in [4.69, 9.17) is 0 Å². The number of nitrogens with zero attached hydrogens (tertiary/aromatic N) is 4. The van der Waals surface area contributed by atoms with Gasteiger partial charge < -0.3 is 14.7 Å². The van der Waals surface area contributed by atoms with Crippen LogP contribution in [0.5, 0.6) is 0 Å². The van der Waals surface area contributed by atoms with Crippen molar-refractivity contribution in [3.63, 3.8) is 0 Å². The second-order valence-electron chi connectivity index (χ2n) is 7.26. The normalized spacial score (nSPS) is 20.8. The highest BCUT2D eigenvalue weighted by Gasteiger charge is 2.26. The molecule has 7 heteroatoms. The fraction of sp³-hybridized carbons (Fsp3) is 0.579. The summed E-state index contributed by atoms with van der Waals surface area (Å²) >= 11 is 0. The van der Waals surface area contributed by atoms with E-state index in [2.05, 4.69) is 11.9 Å². The van der Waals surface area contributed by atoms with E-state index in [-0.39, 0.29) is 17.7 Å². The van der Waals surface area contributed by atoms with E-state index >= 15 is 0 Å². The molecule has 2 saturated heterocycles. The molecular formula is C19H26N4O3. The Bertz CT molecular complexity index is 698. The van der Waals surface area contributed by atoms with E-state index in [1.54, 1.807) is 15.9 Å². The molecule has 2 fully saturated rings. The second kappa shape index (κ2) is 7.85. The summed E-state index contributed by atoms with van der Waals surface area (Å²) in [5.74, 6) is 0.340. The molecule has 1 aromatic heterocycles. The van der Waals surface area contributed by atoms with Gasteiger partial charge in [0.15, 0.2) is 0 Å². The molecule has 1 unspecified atom stereocenters. The standard InChI is InChI=1S/C19H26N4O3/c1-14-4-3-5-23(13-14)19(26)17-10-16(11-20-12-17)18(25)22-8-6-21(7-9-22)15(2)24/h10-12,14H,3-9,13H2,1-2H3. The van der Waals surface area contributed by atoms with E-state index in [1.165, 1.54) is 19.3 Å². The number of carbonyl (C=O) groups is 3. The molecule has 0 aromatic carbocycles. The van der Waals surface area contributed by atoms with Crippen LogP contribution in [0.4, 0.5) is 0 Å². The zero-order valence-electron chi connectivity index (χ0n) is 15.5. The number of pyridine rings is 1. The number of carbonyl (C=O) groups excluding carboxylic acids is 3. The molecule has 26 heavy (non-hydrogen) atoms. The fourth-order valence-electron chi connectivity index (χ4n) is 3.64. The van der Waals surface area contributed by atoms with E-state index in [0.717, 1.165) is 25.9 Å². The Morgan fingerprint density at radius 3 is 2.08 bits per heavy atom. The minimum absolute atomic E-state index is 0.0297. The molecule has 3 amide bonds. The molecule has 0 radical (unpaired) electrons. The van der Waals surface area contributed by atoms with E-state index in [1.807, 2.05) is 4.90 Å². The van der Waals surface area contributed by atoms with Gasteiger partial charge in [-0.15, -0.1) is 0 Å². The molecule has 2 aliphatic heterocycles. The molecule has 2 aliphatic rings. The van der Waals surface area contributed by atoms with Crippen LogP contribution in [-0.2, 0) is 4.79 Å². The van der Waals surface area contributed by atoms with E-state index in [9.17, 15) is 14.4 Å². The van der Waals surface area contributed by atoms with Gasteiger partial charge in [0, 0.05) is 58.6 Å². The van der Waals surface area contributed by atoms with Crippen molar-refractivity contribution in [3.8, 4) is 0 Å². The summed E-state index contributed by atoms with van der Waals surface area (Å²) in [4.78, 5) is 46.3. The summed E-state index contributed by atoms with van der Waals surface area (Å²) in [5.41, 5.74) is 0.893. The minimum atomic E-state index is -0.137. The predicted octanol–water partition coefficient (Wildman–Crippen LogP) is 1.26. The van der Waals surface area contributed by atoms with Crippen molar-refractivity contribution in [2.45, 2.75) is 26.7 Å². The molecule has 0 aliphatic carbocycles. The summed E-state index contributed by atoms with van der Waals surface area (Å²) < 4.78 is 0. The Balaban J connectivity index is 1.68. The van der Waals surface area contributed by atoms with Gasteiger partial charge in [-0.05, 0) is 24.8 Å². The Labute approximate surface area is 154 Å². The molecule has 7 nitrogen and oxygen atoms in total. The lowest BCUT2D eigenvalue weighted by Gasteiger charge is -2.34. The monoisotopic (exact) mass is 358 g/mol. The van der Waals surface area contributed by atoms with Crippen molar-refractivity contribution in [1.29, 1.82) is 0 Å². The number of piperazine rings is 1. The molecule has 0 bridgehead atoms. The van der Waals surface area contributed by atoms with Crippen LogP contribution in [0.25, 0.3) is 0 Å². The van der Waals surface area contributed by atoms with Crippen molar-refractivity contribution < 1.29 is 14.4 Å². The first-order valence-electron chi connectivity index (χ1n) is 9.25. The van der Waals surface area contributed by atoms with Crippen molar-refractivity contribution >= 4 is 17.7 Å². The molecular weight excluding hydrogens is 332 g/mol. The first kappa shape index (κ1) is 18.4. The molecule has 0 saturated carbocycles. The average Bonchev–Trinajstić information content (AvgIpc) is 2.67. The largest absolute Gasteiger partial charge is 0.339 e. The maximum Gasteiger partial charge on any atom is 0.255 e. The van der Waals surface area contributed by atoms with Gasteiger partial charge >= 0.3 is 0 Å². The van der Waals surface area contributed by atoms with Gasteiger partial charge in [0.25, 0.3) is 11.8 Å². The van der Waals surface area contributed by atoms with Crippen LogP contribution in [0.1, 0.15) is 47.4 Å². The average molecular weight is 358 g/mol. The SMILES string of the molecule is CC(=O)N1CCN(C(=O)c2cncc(C(=O)N3CCCC(C)C3)c2)CC1.